The van der Waals surface area contributed by atoms with Gasteiger partial charge in [0.25, 0.3) is 5.91 Å². The zero-order valence-corrected chi connectivity index (χ0v) is 9.98. The molecule has 1 aliphatic rings. The van der Waals surface area contributed by atoms with Gasteiger partial charge in [-0.2, -0.15) is 0 Å². The third kappa shape index (κ3) is 1.22. The molecule has 78 valence electrons. The predicted molar refractivity (Wildman–Crippen MR) is 64.5 cm³/mol. The number of carbonyl (C=O) groups is 2. The maximum atomic E-state index is 11.6. The Kier molecular flexibility index (Phi) is 1.93. The predicted octanol–water partition coefficient (Wildman–Crippen LogP) is 2.52. The highest BCUT2D eigenvalue weighted by Crippen LogP contribution is 2.27. The number of aromatic nitrogens is 1. The Hall–Kier alpha value is -1.57. The molecule has 1 aliphatic heterocycles. The highest BCUT2D eigenvalue weighted by molar-refractivity contribution is 14.1. The Morgan fingerprint density at radius 3 is 2.69 bits per heavy atom. The number of hydrogen-bond acceptors (Lipinski definition) is 2. The van der Waals surface area contributed by atoms with Crippen molar-refractivity contribution < 1.29 is 9.59 Å². The number of benzene rings is 1. The quantitative estimate of drug-likeness (QED) is 0.756. The van der Waals surface area contributed by atoms with E-state index in [4.69, 9.17) is 0 Å². The van der Waals surface area contributed by atoms with Crippen molar-refractivity contribution in [1.29, 1.82) is 0 Å². The number of hydrogen-bond donors (Lipinski definition) is 1. The number of halogens is 1. The first-order valence-corrected chi connectivity index (χ1v) is 5.56. The van der Waals surface area contributed by atoms with Crippen LogP contribution in [0.1, 0.15) is 20.8 Å². The Morgan fingerprint density at radius 1 is 1.12 bits per heavy atom. The number of carbonyl (C=O) groups excluding carboxylic acids is 2. The maximum Gasteiger partial charge on any atom is 0.312 e. The first-order valence-electron chi connectivity index (χ1n) is 4.48. The highest BCUT2D eigenvalue weighted by Gasteiger charge is 2.26. The van der Waals surface area contributed by atoms with Crippen molar-refractivity contribution in [3.8, 4) is 0 Å². The van der Waals surface area contributed by atoms with Gasteiger partial charge in [-0.25, -0.2) is 0 Å². The Labute approximate surface area is 103 Å². The van der Waals surface area contributed by atoms with Crippen molar-refractivity contribution in [2.45, 2.75) is 0 Å². The summed E-state index contributed by atoms with van der Waals surface area (Å²) in [5.74, 6) is -0.970. The van der Waals surface area contributed by atoms with Crippen molar-refractivity contribution in [2.24, 2.45) is 10.2 Å². The zero-order chi connectivity index (χ0) is 11.3. The fourth-order valence-electron chi connectivity index (χ4n) is 1.74. The van der Waals surface area contributed by atoms with Crippen LogP contribution in [0.25, 0.3) is 10.9 Å². The average Bonchev–Trinajstić information content (AvgIpc) is 2.63. The molecule has 6 heteroatoms. The van der Waals surface area contributed by atoms with Crippen LogP contribution >= 0.6 is 22.6 Å². The lowest BCUT2D eigenvalue weighted by atomic mass is 10.1. The summed E-state index contributed by atoms with van der Waals surface area (Å²) in [6, 6.07) is 5.55. The Bertz CT molecular complexity index is 672. The molecule has 0 aliphatic carbocycles. The van der Waals surface area contributed by atoms with Gasteiger partial charge in [0.2, 0.25) is 0 Å². The second-order valence-corrected chi connectivity index (χ2v) is 4.62. The molecule has 1 aromatic carbocycles. The Balaban J connectivity index is 2.44. The summed E-state index contributed by atoms with van der Waals surface area (Å²) in [5, 5.41) is 7.30. The van der Waals surface area contributed by atoms with E-state index in [0.29, 0.717) is 10.9 Å². The van der Waals surface area contributed by atoms with Crippen LogP contribution in [-0.2, 0) is 0 Å². The molecule has 0 fully saturated rings. The van der Waals surface area contributed by atoms with Gasteiger partial charge in [-0.05, 0) is 34.7 Å². The van der Waals surface area contributed by atoms with E-state index < -0.39 is 11.8 Å². The van der Waals surface area contributed by atoms with Crippen LogP contribution in [0.2, 0.25) is 0 Å². The van der Waals surface area contributed by atoms with Gasteiger partial charge in [0.1, 0.15) is 5.69 Å². The third-order valence-electron chi connectivity index (χ3n) is 2.42. The SMILES string of the molecule is O=C1N=NC(=O)c2c1[nH]c1cc(I)ccc21. The van der Waals surface area contributed by atoms with E-state index in [0.717, 1.165) is 9.09 Å². The zero-order valence-electron chi connectivity index (χ0n) is 7.82. The van der Waals surface area contributed by atoms with Crippen LogP contribution < -0.4 is 0 Å². The number of azo groups is 1. The number of nitrogens with one attached hydrogen (secondary N) is 1. The molecule has 0 saturated heterocycles. The van der Waals surface area contributed by atoms with E-state index in [1.807, 2.05) is 12.1 Å². The number of fused-ring (bicyclic) bond motifs is 3. The molecule has 1 N–H and O–H groups in total. The maximum absolute atomic E-state index is 11.6. The minimum absolute atomic E-state index is 0.233. The van der Waals surface area contributed by atoms with E-state index in [1.54, 1.807) is 6.07 Å². The number of amides is 2. The normalized spacial score (nSPS) is 14.6. The molecule has 2 aromatic rings. The lowest BCUT2D eigenvalue weighted by Gasteiger charge is -1.99. The van der Waals surface area contributed by atoms with Gasteiger partial charge in [0.05, 0.1) is 5.56 Å². The smallest absolute Gasteiger partial charge is 0.312 e. The van der Waals surface area contributed by atoms with Crippen LogP contribution in [-0.4, -0.2) is 16.8 Å². The van der Waals surface area contributed by atoms with Crippen molar-refractivity contribution in [2.75, 3.05) is 0 Å². The molecule has 1 aromatic heterocycles. The molecule has 0 spiro atoms. The molecule has 0 bridgehead atoms. The monoisotopic (exact) mass is 325 g/mol. The molecule has 2 amide bonds. The summed E-state index contributed by atoms with van der Waals surface area (Å²) >= 11 is 2.16. The molecule has 16 heavy (non-hydrogen) atoms. The van der Waals surface area contributed by atoms with Gasteiger partial charge in [0, 0.05) is 14.5 Å². The summed E-state index contributed by atoms with van der Waals surface area (Å²) in [6.07, 6.45) is 0. The summed E-state index contributed by atoms with van der Waals surface area (Å²) in [5.41, 5.74) is 1.31. The molecule has 0 radical (unpaired) electrons. The third-order valence-corrected chi connectivity index (χ3v) is 3.09. The van der Waals surface area contributed by atoms with Crippen molar-refractivity contribution >= 4 is 45.3 Å². The molecular formula is C10H4IN3O2. The number of H-pyrrole nitrogens is 1. The van der Waals surface area contributed by atoms with E-state index in [-0.39, 0.29) is 5.69 Å². The van der Waals surface area contributed by atoms with E-state index >= 15 is 0 Å². The number of rotatable bonds is 0. The van der Waals surface area contributed by atoms with Crippen molar-refractivity contribution in [1.82, 2.24) is 4.98 Å². The fourth-order valence-corrected chi connectivity index (χ4v) is 2.23. The molecule has 3 rings (SSSR count). The van der Waals surface area contributed by atoms with Gasteiger partial charge < -0.3 is 4.98 Å². The summed E-state index contributed by atoms with van der Waals surface area (Å²) < 4.78 is 1.03. The van der Waals surface area contributed by atoms with Gasteiger partial charge in [-0.15, -0.1) is 10.2 Å². The largest absolute Gasteiger partial charge is 0.350 e. The van der Waals surface area contributed by atoms with Crippen LogP contribution in [0, 0.1) is 3.57 Å². The summed E-state index contributed by atoms with van der Waals surface area (Å²) in [6.45, 7) is 0. The fraction of sp³-hybridized carbons (Fsp3) is 0. The summed E-state index contributed by atoms with van der Waals surface area (Å²) in [7, 11) is 0. The van der Waals surface area contributed by atoms with E-state index in [9.17, 15) is 9.59 Å². The van der Waals surface area contributed by atoms with Crippen LogP contribution in [0.15, 0.2) is 28.4 Å². The summed E-state index contributed by atoms with van der Waals surface area (Å²) in [4.78, 5) is 25.9. The van der Waals surface area contributed by atoms with Gasteiger partial charge in [-0.3, -0.25) is 9.59 Å². The molecular weight excluding hydrogens is 321 g/mol. The minimum atomic E-state index is -0.499. The van der Waals surface area contributed by atoms with E-state index in [1.165, 1.54) is 0 Å². The van der Waals surface area contributed by atoms with Crippen molar-refractivity contribution in [3.05, 3.63) is 33.0 Å². The lowest BCUT2D eigenvalue weighted by Crippen LogP contribution is -2.09. The highest BCUT2D eigenvalue weighted by atomic mass is 127. The first kappa shape index (κ1) is 9.64. The second-order valence-electron chi connectivity index (χ2n) is 3.38. The van der Waals surface area contributed by atoms with Crippen molar-refractivity contribution in [3.63, 3.8) is 0 Å². The lowest BCUT2D eigenvalue weighted by molar-refractivity contribution is 0.0919. The first-order chi connectivity index (χ1) is 7.66. The van der Waals surface area contributed by atoms with Gasteiger partial charge >= 0.3 is 5.91 Å². The van der Waals surface area contributed by atoms with Gasteiger partial charge in [0.15, 0.2) is 0 Å². The number of aromatic amines is 1. The number of nitrogens with zero attached hydrogens (tertiary/aromatic N) is 2. The van der Waals surface area contributed by atoms with Crippen LogP contribution in [0.5, 0.6) is 0 Å². The van der Waals surface area contributed by atoms with Crippen LogP contribution in [0.3, 0.4) is 0 Å². The Morgan fingerprint density at radius 2 is 1.88 bits per heavy atom. The second kappa shape index (κ2) is 3.21. The molecule has 5 nitrogen and oxygen atoms in total. The van der Waals surface area contributed by atoms with Crippen LogP contribution in [0.4, 0.5) is 0 Å². The molecule has 2 heterocycles. The molecule has 0 unspecified atom stereocenters. The average molecular weight is 325 g/mol. The molecule has 0 atom stereocenters. The van der Waals surface area contributed by atoms with E-state index in [2.05, 4.69) is 37.8 Å². The topological polar surface area (TPSA) is 74.7 Å². The molecule has 0 saturated carbocycles. The standard InChI is InChI=1S/C10H4IN3O2/c11-4-1-2-5-6(3-4)12-8-7(5)9(15)13-14-10(8)16/h1-3,12H. The van der Waals surface area contributed by atoms with Gasteiger partial charge in [-0.1, -0.05) is 6.07 Å². The minimum Gasteiger partial charge on any atom is -0.350 e.